The van der Waals surface area contributed by atoms with Crippen molar-refractivity contribution < 1.29 is 78.5 Å². The van der Waals surface area contributed by atoms with Gasteiger partial charge in [-0.15, -0.1) is 0 Å². The van der Waals surface area contributed by atoms with Gasteiger partial charge in [0.1, 0.15) is 54.4 Å². The summed E-state index contributed by atoms with van der Waals surface area (Å²) >= 11 is 0. The minimum absolute atomic E-state index is 0.0464. The van der Waals surface area contributed by atoms with E-state index < -0.39 is 80.6 Å². The van der Waals surface area contributed by atoms with Crippen LogP contribution in [0.25, 0.3) is 6.08 Å². The third kappa shape index (κ3) is 7.84. The van der Waals surface area contributed by atoms with Crippen LogP contribution in [0.3, 0.4) is 0 Å². The smallest absolute Gasteiger partial charge is 0.330 e. The molecule has 3 aliphatic rings. The Bertz CT molecular complexity index is 1780. The number of benzene rings is 3. The quantitative estimate of drug-likeness (QED) is 0.106. The van der Waals surface area contributed by atoms with Crippen molar-refractivity contribution in [3.63, 3.8) is 0 Å². The number of carbonyl (C=O) groups excluding carboxylic acids is 2. The summed E-state index contributed by atoms with van der Waals surface area (Å²) in [6.45, 7) is -1.93. The van der Waals surface area contributed by atoms with Crippen molar-refractivity contribution in [2.24, 2.45) is 0 Å². The number of esters is 1. The summed E-state index contributed by atoms with van der Waals surface area (Å²) in [5.74, 6) is -0.512. The zero-order valence-corrected chi connectivity index (χ0v) is 27.7. The van der Waals surface area contributed by atoms with Gasteiger partial charge in [-0.3, -0.25) is 4.79 Å². The fourth-order valence-corrected chi connectivity index (χ4v) is 5.95. The van der Waals surface area contributed by atoms with Gasteiger partial charge in [0.2, 0.25) is 6.29 Å². The predicted octanol–water partition coefficient (Wildman–Crippen LogP) is 0.721. The van der Waals surface area contributed by atoms with Crippen molar-refractivity contribution in [3.8, 4) is 28.7 Å². The van der Waals surface area contributed by atoms with Crippen molar-refractivity contribution in [2.75, 3.05) is 26.9 Å². The first-order valence-corrected chi connectivity index (χ1v) is 16.2. The molecule has 16 nitrogen and oxygen atoms in total. The molecule has 0 aliphatic carbocycles. The maximum Gasteiger partial charge on any atom is 0.330 e. The highest BCUT2D eigenvalue weighted by atomic mass is 16.8. The van der Waals surface area contributed by atoms with Crippen LogP contribution >= 0.6 is 0 Å². The number of Topliss-reactive ketones (excluding diaryl/α,β-unsaturated/α-hetero) is 1. The maximum absolute atomic E-state index is 12.7. The first-order valence-electron chi connectivity index (χ1n) is 16.2. The number of carbonyl (C=O) groups is 2. The number of fused-ring (bicyclic) bond motifs is 1. The van der Waals surface area contributed by atoms with E-state index in [4.69, 9.17) is 33.2 Å². The molecule has 6 rings (SSSR count). The molecule has 0 unspecified atom stereocenters. The largest absolute Gasteiger partial charge is 0.508 e. The average Bonchev–Trinajstić information content (AvgIpc) is 3.42. The molecule has 0 radical (unpaired) electrons. The number of aliphatic hydroxyl groups is 5. The summed E-state index contributed by atoms with van der Waals surface area (Å²) in [7, 11) is 1.37. The summed E-state index contributed by atoms with van der Waals surface area (Å²) in [4.78, 5) is 25.1. The Kier molecular flexibility index (Phi) is 11.0. The van der Waals surface area contributed by atoms with Crippen molar-refractivity contribution in [1.82, 2.24) is 0 Å². The molecule has 9 atom stereocenters. The van der Waals surface area contributed by atoms with E-state index in [2.05, 4.69) is 0 Å². The number of phenolic OH excluding ortho intramolecular Hbond substituents is 2. The van der Waals surface area contributed by atoms with Crippen molar-refractivity contribution in [2.45, 2.75) is 61.2 Å². The van der Waals surface area contributed by atoms with Crippen molar-refractivity contribution >= 4 is 17.8 Å². The molecule has 16 heteroatoms. The fraction of sp³-hybridized carbons (Fsp3) is 0.389. The molecule has 3 aliphatic heterocycles. The molecule has 7 N–H and O–H groups in total. The molecule has 0 saturated carbocycles. The van der Waals surface area contributed by atoms with Crippen LogP contribution in [0.5, 0.6) is 28.7 Å². The van der Waals surface area contributed by atoms with Crippen LogP contribution in [0, 0.1) is 0 Å². The highest BCUT2D eigenvalue weighted by Crippen LogP contribution is 2.38. The van der Waals surface area contributed by atoms with Gasteiger partial charge < -0.3 is 68.9 Å². The zero-order valence-electron chi connectivity index (χ0n) is 27.7. The van der Waals surface area contributed by atoms with Gasteiger partial charge >= 0.3 is 5.97 Å². The van der Waals surface area contributed by atoms with Crippen LogP contribution in [-0.2, 0) is 23.7 Å². The molecule has 2 fully saturated rings. The minimum Gasteiger partial charge on any atom is -0.508 e. The van der Waals surface area contributed by atoms with Crippen LogP contribution in [0.4, 0.5) is 0 Å². The van der Waals surface area contributed by atoms with Gasteiger partial charge in [0.15, 0.2) is 35.3 Å². The van der Waals surface area contributed by atoms with Gasteiger partial charge in [0.25, 0.3) is 0 Å². The van der Waals surface area contributed by atoms with Crippen LogP contribution in [0.2, 0.25) is 0 Å². The van der Waals surface area contributed by atoms with Crippen LogP contribution < -0.4 is 14.2 Å². The lowest BCUT2D eigenvalue weighted by Gasteiger charge is -2.42. The number of hydrogen-bond acceptors (Lipinski definition) is 16. The molecular weight excluding hydrogens is 688 g/mol. The number of aromatic hydroxyl groups is 2. The van der Waals surface area contributed by atoms with Gasteiger partial charge in [0, 0.05) is 12.1 Å². The van der Waals surface area contributed by atoms with E-state index in [1.54, 1.807) is 12.1 Å². The lowest BCUT2D eigenvalue weighted by Crippen LogP contribution is -2.62. The third-order valence-electron chi connectivity index (χ3n) is 8.91. The Morgan fingerprint density at radius 1 is 1.00 bits per heavy atom. The lowest BCUT2D eigenvalue weighted by molar-refractivity contribution is -0.318. The first kappa shape index (κ1) is 37.0. The summed E-state index contributed by atoms with van der Waals surface area (Å²) in [6.07, 6.45) is -9.20. The highest BCUT2D eigenvalue weighted by molar-refractivity contribution is 6.00. The predicted molar refractivity (Wildman–Crippen MR) is 175 cm³/mol. The second-order valence-electron chi connectivity index (χ2n) is 12.5. The molecule has 0 aromatic heterocycles. The zero-order chi connectivity index (χ0) is 37.2. The van der Waals surface area contributed by atoms with Crippen LogP contribution in [-0.4, -0.2) is 123 Å². The lowest BCUT2D eigenvalue weighted by atomic mass is 9.96. The average molecular weight is 727 g/mol. The fourth-order valence-electron chi connectivity index (χ4n) is 5.95. The van der Waals surface area contributed by atoms with Gasteiger partial charge in [-0.2, -0.15) is 0 Å². The maximum atomic E-state index is 12.7. The number of methoxy groups -OCH3 is 1. The molecule has 0 amide bonds. The summed E-state index contributed by atoms with van der Waals surface area (Å²) in [5.41, 5.74) is -0.631. The van der Waals surface area contributed by atoms with E-state index in [1.165, 1.54) is 61.7 Å². The Morgan fingerprint density at radius 3 is 2.50 bits per heavy atom. The molecule has 2 saturated heterocycles. The number of phenols is 2. The normalized spacial score (nSPS) is 30.1. The Labute approximate surface area is 296 Å². The Morgan fingerprint density at radius 2 is 1.77 bits per heavy atom. The summed E-state index contributed by atoms with van der Waals surface area (Å²) in [6, 6.07) is 15.0. The molecule has 3 aromatic carbocycles. The molecule has 0 spiro atoms. The molecule has 52 heavy (non-hydrogen) atoms. The number of rotatable bonds is 11. The molecule has 0 bridgehead atoms. The summed E-state index contributed by atoms with van der Waals surface area (Å²) in [5, 5.41) is 72.9. The van der Waals surface area contributed by atoms with Gasteiger partial charge in [0.05, 0.1) is 32.3 Å². The van der Waals surface area contributed by atoms with E-state index in [1.807, 2.05) is 0 Å². The van der Waals surface area contributed by atoms with Crippen LogP contribution in [0.1, 0.15) is 34.0 Å². The minimum atomic E-state index is -2.13. The first-order chi connectivity index (χ1) is 24.9. The third-order valence-corrected chi connectivity index (χ3v) is 8.91. The standard InChI is InChI=1S/C36H38O16/c1-46-27-12-18(2-10-23(27)39)3-11-29(41)47-16-36(45)17-48-35(33(36)44)52-32-31(43)30(42)28(15-37)51-34(32)49-21-7-4-19(5-8-21)25-14-24(40)22-9-6-20(38)13-26(22)50-25/h2-13,25,28,30-35,37-39,42-45H,14-17H2,1H3/b11-3+/t25-,28+,30+,31-,32+,33-,34+,35-,36+/m0/s1. The van der Waals surface area contributed by atoms with Crippen LogP contribution in [0.15, 0.2) is 66.7 Å². The monoisotopic (exact) mass is 726 g/mol. The SMILES string of the molecule is COc1cc(/C=C/C(=O)OC[C@@]2(O)CO[C@@H](O[C@H]3[C@H](Oc4ccc([C@@H]5CC(=O)c6ccc(O)cc6O5)cc4)O[C@H](CO)[C@@H](O)[C@@H]3O)[C@@H]2O)ccc1O. The van der Waals surface area contributed by atoms with E-state index in [0.29, 0.717) is 16.7 Å². The highest BCUT2D eigenvalue weighted by Gasteiger charge is 2.54. The second kappa shape index (κ2) is 15.4. The summed E-state index contributed by atoms with van der Waals surface area (Å²) < 4.78 is 39.0. The Hall–Kier alpha value is -4.78. The molecule has 3 aromatic rings. The van der Waals surface area contributed by atoms with Gasteiger partial charge in [-0.25, -0.2) is 4.79 Å². The topological polar surface area (TPSA) is 240 Å². The van der Waals surface area contributed by atoms with Gasteiger partial charge in [-0.1, -0.05) is 18.2 Å². The number of ketones is 1. The number of ether oxygens (including phenoxy) is 7. The van der Waals surface area contributed by atoms with E-state index in [-0.39, 0.29) is 41.0 Å². The van der Waals surface area contributed by atoms with E-state index >= 15 is 0 Å². The molecular formula is C36H38O16. The molecule has 3 heterocycles. The van der Waals surface area contributed by atoms with E-state index in [9.17, 15) is 45.3 Å². The number of hydrogen-bond donors (Lipinski definition) is 7. The van der Waals surface area contributed by atoms with E-state index in [0.717, 1.165) is 6.08 Å². The van der Waals surface area contributed by atoms with Crippen molar-refractivity contribution in [1.29, 1.82) is 0 Å². The molecule has 278 valence electrons. The second-order valence-corrected chi connectivity index (χ2v) is 12.5. The number of aliphatic hydroxyl groups excluding tert-OH is 4. The van der Waals surface area contributed by atoms with Crippen molar-refractivity contribution in [3.05, 3.63) is 83.4 Å². The Balaban J connectivity index is 1.09. The van der Waals surface area contributed by atoms with Gasteiger partial charge in [-0.05, 0) is 53.6 Å².